The third kappa shape index (κ3) is 2.57. The second kappa shape index (κ2) is 5.59. The molecule has 1 aliphatic rings. The van der Waals surface area contributed by atoms with Crippen LogP contribution in [0.3, 0.4) is 0 Å². The van der Waals surface area contributed by atoms with Gasteiger partial charge in [-0.3, -0.25) is 19.7 Å². The molecule has 2 aromatic heterocycles. The number of likely N-dealkylation sites (N-methyl/N-ethyl adjacent to an activating group) is 1. The van der Waals surface area contributed by atoms with Crippen LogP contribution in [0.5, 0.6) is 0 Å². The fraction of sp³-hybridized carbons (Fsp3) is 0.333. The van der Waals surface area contributed by atoms with Crippen molar-refractivity contribution in [2.45, 2.75) is 25.8 Å². The summed E-state index contributed by atoms with van der Waals surface area (Å²) in [6, 6.07) is 4.91. The molecular weight excluding hydrogens is 284 g/mol. The molecule has 0 aliphatic carbocycles. The molecule has 0 saturated carbocycles. The molecule has 7 nitrogen and oxygen atoms in total. The Hall–Kier alpha value is -2.70. The number of fused-ring (bicyclic) bond motifs is 1. The van der Waals surface area contributed by atoms with Gasteiger partial charge in [-0.25, -0.2) is 4.98 Å². The van der Waals surface area contributed by atoms with Crippen molar-refractivity contribution in [3.63, 3.8) is 0 Å². The van der Waals surface area contributed by atoms with Crippen molar-refractivity contribution < 1.29 is 14.4 Å². The van der Waals surface area contributed by atoms with E-state index in [1.165, 1.54) is 4.90 Å². The maximum atomic E-state index is 12.4. The summed E-state index contributed by atoms with van der Waals surface area (Å²) < 4.78 is 1.84. The summed E-state index contributed by atoms with van der Waals surface area (Å²) in [6.07, 6.45) is 3.79. The van der Waals surface area contributed by atoms with Gasteiger partial charge in [-0.1, -0.05) is 6.07 Å². The standard InChI is InChI=1S/C15H16N4O3/c1-2-19(11-8-13(20)17-15(11)22)14(21)7-10-9-18-6-4-3-5-12(18)16-10/h3-6,9,11H,2,7-8H2,1H3,(H,17,20,22)/t11-/m1/s1. The second-order valence-corrected chi connectivity index (χ2v) is 5.19. The van der Waals surface area contributed by atoms with Crippen LogP contribution in [0.25, 0.3) is 5.65 Å². The summed E-state index contributed by atoms with van der Waals surface area (Å²) in [4.78, 5) is 41.3. The van der Waals surface area contributed by atoms with Gasteiger partial charge in [-0.15, -0.1) is 0 Å². The van der Waals surface area contributed by atoms with Crippen LogP contribution >= 0.6 is 0 Å². The molecule has 1 aliphatic heterocycles. The Labute approximate surface area is 126 Å². The van der Waals surface area contributed by atoms with Crippen molar-refractivity contribution in [3.05, 3.63) is 36.3 Å². The molecule has 0 spiro atoms. The van der Waals surface area contributed by atoms with E-state index in [2.05, 4.69) is 10.3 Å². The predicted octanol–water partition coefficient (Wildman–Crippen LogP) is 0.140. The van der Waals surface area contributed by atoms with Gasteiger partial charge in [0, 0.05) is 18.9 Å². The summed E-state index contributed by atoms with van der Waals surface area (Å²) in [5, 5.41) is 2.23. The molecule has 1 atom stereocenters. The zero-order valence-electron chi connectivity index (χ0n) is 12.2. The van der Waals surface area contributed by atoms with Gasteiger partial charge in [-0.2, -0.15) is 0 Å². The lowest BCUT2D eigenvalue weighted by Crippen LogP contribution is -2.45. The van der Waals surface area contributed by atoms with E-state index in [0.717, 1.165) is 5.65 Å². The topological polar surface area (TPSA) is 83.8 Å². The molecule has 114 valence electrons. The Balaban J connectivity index is 1.77. The lowest BCUT2D eigenvalue weighted by Gasteiger charge is -2.24. The van der Waals surface area contributed by atoms with Crippen LogP contribution in [0.15, 0.2) is 30.6 Å². The van der Waals surface area contributed by atoms with Crippen molar-refractivity contribution >= 4 is 23.4 Å². The van der Waals surface area contributed by atoms with E-state index in [4.69, 9.17) is 0 Å². The quantitative estimate of drug-likeness (QED) is 0.814. The molecule has 0 unspecified atom stereocenters. The van der Waals surface area contributed by atoms with Gasteiger partial charge in [0.15, 0.2) is 0 Å². The molecule has 1 N–H and O–H groups in total. The molecule has 0 radical (unpaired) electrons. The monoisotopic (exact) mass is 300 g/mol. The highest BCUT2D eigenvalue weighted by atomic mass is 16.2. The van der Waals surface area contributed by atoms with Gasteiger partial charge >= 0.3 is 0 Å². The number of nitrogens with zero attached hydrogens (tertiary/aromatic N) is 3. The van der Waals surface area contributed by atoms with Gasteiger partial charge in [0.25, 0.3) is 0 Å². The molecule has 3 heterocycles. The predicted molar refractivity (Wildman–Crippen MR) is 77.8 cm³/mol. The van der Waals surface area contributed by atoms with Crippen molar-refractivity contribution in [1.82, 2.24) is 19.6 Å². The summed E-state index contributed by atoms with van der Waals surface area (Å²) >= 11 is 0. The fourth-order valence-electron chi connectivity index (χ4n) is 2.69. The number of hydrogen-bond donors (Lipinski definition) is 1. The van der Waals surface area contributed by atoms with Crippen LogP contribution < -0.4 is 5.32 Å². The van der Waals surface area contributed by atoms with Crippen molar-refractivity contribution in [3.8, 4) is 0 Å². The number of nitrogens with one attached hydrogen (secondary N) is 1. The van der Waals surface area contributed by atoms with Crippen molar-refractivity contribution in [2.75, 3.05) is 6.54 Å². The second-order valence-electron chi connectivity index (χ2n) is 5.19. The van der Waals surface area contributed by atoms with E-state index in [0.29, 0.717) is 12.2 Å². The number of carbonyl (C=O) groups is 3. The van der Waals surface area contributed by atoms with Gasteiger partial charge in [0.1, 0.15) is 11.7 Å². The smallest absolute Gasteiger partial charge is 0.249 e. The summed E-state index contributed by atoms with van der Waals surface area (Å²) in [5.74, 6) is -0.954. The molecule has 3 amide bonds. The Morgan fingerprint density at radius 2 is 2.27 bits per heavy atom. The molecule has 1 fully saturated rings. The lowest BCUT2D eigenvalue weighted by molar-refractivity contribution is -0.138. The number of pyridine rings is 1. The highest BCUT2D eigenvalue weighted by Gasteiger charge is 2.37. The van der Waals surface area contributed by atoms with Crippen molar-refractivity contribution in [1.29, 1.82) is 0 Å². The zero-order valence-corrected chi connectivity index (χ0v) is 12.2. The largest absolute Gasteiger partial charge is 0.330 e. The normalized spacial score (nSPS) is 17.8. The van der Waals surface area contributed by atoms with Crippen LogP contribution in [0.4, 0.5) is 0 Å². The lowest BCUT2D eigenvalue weighted by atomic mass is 10.2. The molecular formula is C15H16N4O3. The zero-order chi connectivity index (χ0) is 15.7. The average Bonchev–Trinajstić information content (AvgIpc) is 3.02. The number of imide groups is 1. The minimum atomic E-state index is -0.706. The third-order valence-electron chi connectivity index (χ3n) is 3.73. The van der Waals surface area contributed by atoms with Crippen LogP contribution in [0.2, 0.25) is 0 Å². The molecule has 0 aromatic carbocycles. The van der Waals surface area contributed by atoms with Crippen LogP contribution in [0, 0.1) is 0 Å². The average molecular weight is 300 g/mol. The maximum absolute atomic E-state index is 12.4. The van der Waals surface area contributed by atoms with E-state index in [9.17, 15) is 14.4 Å². The van der Waals surface area contributed by atoms with Gasteiger partial charge in [0.2, 0.25) is 17.7 Å². The summed E-state index contributed by atoms with van der Waals surface area (Å²) in [5.41, 5.74) is 1.40. The number of aromatic nitrogens is 2. The molecule has 0 bridgehead atoms. The van der Waals surface area contributed by atoms with Gasteiger partial charge < -0.3 is 9.30 Å². The van der Waals surface area contributed by atoms with E-state index in [1.807, 2.05) is 28.8 Å². The highest BCUT2D eigenvalue weighted by Crippen LogP contribution is 2.13. The minimum Gasteiger partial charge on any atom is -0.330 e. The fourth-order valence-corrected chi connectivity index (χ4v) is 2.69. The SMILES string of the molecule is CCN(C(=O)Cc1cn2ccccc2n1)[C@@H]1CC(=O)NC1=O. The third-order valence-corrected chi connectivity index (χ3v) is 3.73. The first-order valence-corrected chi connectivity index (χ1v) is 7.14. The number of carbonyl (C=O) groups excluding carboxylic acids is 3. The summed E-state index contributed by atoms with van der Waals surface area (Å²) in [6.45, 7) is 2.16. The van der Waals surface area contributed by atoms with Crippen LogP contribution in [-0.2, 0) is 20.8 Å². The molecule has 2 aromatic rings. The Morgan fingerprint density at radius 1 is 1.45 bits per heavy atom. The van der Waals surface area contributed by atoms with E-state index < -0.39 is 11.9 Å². The number of hydrogen-bond acceptors (Lipinski definition) is 4. The number of rotatable bonds is 4. The van der Waals surface area contributed by atoms with Gasteiger partial charge in [-0.05, 0) is 19.1 Å². The van der Waals surface area contributed by atoms with Crippen LogP contribution in [0.1, 0.15) is 19.0 Å². The minimum absolute atomic E-state index is 0.0313. The Morgan fingerprint density at radius 3 is 2.91 bits per heavy atom. The van der Waals surface area contributed by atoms with Crippen molar-refractivity contribution in [2.24, 2.45) is 0 Å². The van der Waals surface area contributed by atoms with E-state index in [-0.39, 0.29) is 24.7 Å². The van der Waals surface area contributed by atoms with E-state index in [1.54, 1.807) is 13.1 Å². The first-order chi connectivity index (χ1) is 10.6. The maximum Gasteiger partial charge on any atom is 0.249 e. The molecule has 22 heavy (non-hydrogen) atoms. The first kappa shape index (κ1) is 14.2. The molecule has 3 rings (SSSR count). The number of imidazole rings is 1. The molecule has 1 saturated heterocycles. The Kier molecular flexibility index (Phi) is 3.62. The number of amides is 3. The van der Waals surface area contributed by atoms with Gasteiger partial charge in [0.05, 0.1) is 18.5 Å². The summed E-state index contributed by atoms with van der Waals surface area (Å²) in [7, 11) is 0. The Bertz CT molecular complexity index is 719. The van der Waals surface area contributed by atoms with E-state index >= 15 is 0 Å². The first-order valence-electron chi connectivity index (χ1n) is 7.14. The molecule has 7 heteroatoms. The van der Waals surface area contributed by atoms with Crippen LogP contribution in [-0.4, -0.2) is 44.6 Å². The highest BCUT2D eigenvalue weighted by molar-refractivity contribution is 6.06.